The number of hydrogen-bond acceptors (Lipinski definition) is 3. The molecule has 3 heteroatoms. The van der Waals surface area contributed by atoms with Crippen LogP contribution >= 0.6 is 0 Å². The van der Waals surface area contributed by atoms with Gasteiger partial charge in [-0.2, -0.15) is 0 Å². The van der Waals surface area contributed by atoms with Crippen LogP contribution in [0.2, 0.25) is 0 Å². The monoisotopic (exact) mass is 253 g/mol. The van der Waals surface area contributed by atoms with Crippen molar-refractivity contribution in [3.8, 4) is 0 Å². The molecule has 3 rings (SSSR count). The number of hydrogen-bond donors (Lipinski definition) is 1. The van der Waals surface area contributed by atoms with Crippen molar-refractivity contribution in [3.63, 3.8) is 0 Å². The van der Waals surface area contributed by atoms with Crippen molar-refractivity contribution in [2.24, 2.45) is 17.3 Å². The Kier molecular flexibility index (Phi) is 3.00. The van der Waals surface area contributed by atoms with Crippen molar-refractivity contribution in [1.29, 1.82) is 0 Å². The molecule has 1 N–H and O–H groups in total. The van der Waals surface area contributed by atoms with Crippen LogP contribution in [0.1, 0.15) is 40.0 Å². The Balaban J connectivity index is 1.53. The Hall–Kier alpha value is -0.120. The first-order valence-corrected chi connectivity index (χ1v) is 7.41. The quantitative estimate of drug-likeness (QED) is 0.812. The standard InChI is InChI=1S/C15H27NO2/c1-14(2,3)18-10-15(4-5-15)9-16-7-11-6-12(11)13(16)8-17/h11-13,17H,4-10H2,1-3H3. The third-order valence-electron chi connectivity index (χ3n) is 4.90. The van der Waals surface area contributed by atoms with Crippen LogP contribution < -0.4 is 0 Å². The van der Waals surface area contributed by atoms with Crippen LogP contribution in [0.3, 0.4) is 0 Å². The van der Waals surface area contributed by atoms with E-state index in [2.05, 4.69) is 25.7 Å². The predicted octanol–water partition coefficient (Wildman–Crippen LogP) is 1.89. The van der Waals surface area contributed by atoms with Gasteiger partial charge in [-0.3, -0.25) is 4.90 Å². The molecule has 3 unspecified atom stereocenters. The van der Waals surface area contributed by atoms with Crippen LogP contribution in [0.5, 0.6) is 0 Å². The maximum atomic E-state index is 9.54. The number of nitrogens with zero attached hydrogens (tertiary/aromatic N) is 1. The molecule has 2 aliphatic carbocycles. The summed E-state index contributed by atoms with van der Waals surface area (Å²) in [6.07, 6.45) is 3.95. The van der Waals surface area contributed by atoms with Gasteiger partial charge in [0, 0.05) is 24.5 Å². The summed E-state index contributed by atoms with van der Waals surface area (Å²) < 4.78 is 5.98. The van der Waals surface area contributed by atoms with E-state index in [9.17, 15) is 5.11 Å². The third-order valence-corrected chi connectivity index (χ3v) is 4.90. The van der Waals surface area contributed by atoms with E-state index in [1.807, 2.05) is 0 Å². The summed E-state index contributed by atoms with van der Waals surface area (Å²) in [6.45, 7) is 9.98. The zero-order valence-corrected chi connectivity index (χ0v) is 12.0. The lowest BCUT2D eigenvalue weighted by Gasteiger charge is -2.31. The molecular formula is C15H27NO2. The fourth-order valence-corrected chi connectivity index (χ4v) is 3.42. The Labute approximate surface area is 110 Å². The maximum absolute atomic E-state index is 9.54. The van der Waals surface area contributed by atoms with Gasteiger partial charge in [0.25, 0.3) is 0 Å². The molecule has 1 aliphatic heterocycles. The third kappa shape index (κ3) is 2.59. The van der Waals surface area contributed by atoms with Gasteiger partial charge in [0.1, 0.15) is 0 Å². The number of rotatable bonds is 5. The lowest BCUT2D eigenvalue weighted by molar-refractivity contribution is -0.0368. The zero-order chi connectivity index (χ0) is 13.0. The van der Waals surface area contributed by atoms with Gasteiger partial charge >= 0.3 is 0 Å². The van der Waals surface area contributed by atoms with Crippen LogP contribution in [0.15, 0.2) is 0 Å². The highest BCUT2D eigenvalue weighted by Crippen LogP contribution is 2.53. The molecule has 3 nitrogen and oxygen atoms in total. The average Bonchev–Trinajstić information content (AvgIpc) is 3.17. The molecule has 0 bridgehead atoms. The van der Waals surface area contributed by atoms with E-state index in [0.29, 0.717) is 18.1 Å². The first kappa shape index (κ1) is 12.9. The number of piperidine rings is 1. The summed E-state index contributed by atoms with van der Waals surface area (Å²) in [4.78, 5) is 2.54. The molecule has 3 fully saturated rings. The first-order chi connectivity index (χ1) is 8.42. The fourth-order valence-electron chi connectivity index (χ4n) is 3.42. The average molecular weight is 253 g/mol. The van der Waals surface area contributed by atoms with Crippen molar-refractivity contribution in [2.75, 3.05) is 26.3 Å². The molecule has 3 atom stereocenters. The van der Waals surface area contributed by atoms with Gasteiger partial charge in [-0.25, -0.2) is 0 Å². The molecule has 0 amide bonds. The Bertz CT molecular complexity index is 319. The molecule has 1 saturated heterocycles. The summed E-state index contributed by atoms with van der Waals surface area (Å²) in [5, 5.41) is 9.54. The number of aliphatic hydroxyl groups excluding tert-OH is 1. The van der Waals surface area contributed by atoms with Gasteiger partial charge in [-0.15, -0.1) is 0 Å². The van der Waals surface area contributed by atoms with Gasteiger partial charge in [0.05, 0.1) is 18.8 Å². The lowest BCUT2D eigenvalue weighted by atomic mass is 10.1. The Morgan fingerprint density at radius 2 is 2.06 bits per heavy atom. The van der Waals surface area contributed by atoms with Crippen molar-refractivity contribution in [3.05, 3.63) is 0 Å². The van der Waals surface area contributed by atoms with Gasteiger partial charge in [-0.1, -0.05) is 0 Å². The fraction of sp³-hybridized carbons (Fsp3) is 1.00. The normalized spacial score (nSPS) is 37.7. The van der Waals surface area contributed by atoms with E-state index in [1.54, 1.807) is 0 Å². The van der Waals surface area contributed by atoms with Gasteiger partial charge in [0.15, 0.2) is 0 Å². The summed E-state index contributed by atoms with van der Waals surface area (Å²) in [5.41, 5.74) is 0.372. The maximum Gasteiger partial charge on any atom is 0.0598 e. The van der Waals surface area contributed by atoms with E-state index in [1.165, 1.54) is 25.8 Å². The predicted molar refractivity (Wildman–Crippen MR) is 71.4 cm³/mol. The summed E-state index contributed by atoms with van der Waals surface area (Å²) in [5.74, 6) is 1.69. The Morgan fingerprint density at radius 3 is 2.61 bits per heavy atom. The zero-order valence-electron chi connectivity index (χ0n) is 12.0. The molecule has 104 valence electrons. The minimum absolute atomic E-state index is 0.0287. The summed E-state index contributed by atoms with van der Waals surface area (Å²) in [6, 6.07) is 0.446. The smallest absolute Gasteiger partial charge is 0.0598 e. The van der Waals surface area contributed by atoms with E-state index in [-0.39, 0.29) is 5.60 Å². The second-order valence-electron chi connectivity index (χ2n) is 7.74. The molecule has 18 heavy (non-hydrogen) atoms. The molecule has 0 radical (unpaired) electrons. The largest absolute Gasteiger partial charge is 0.395 e. The minimum atomic E-state index is -0.0287. The Morgan fingerprint density at radius 1 is 1.33 bits per heavy atom. The van der Waals surface area contributed by atoms with Crippen LogP contribution in [0.25, 0.3) is 0 Å². The molecule has 2 saturated carbocycles. The second kappa shape index (κ2) is 4.19. The van der Waals surface area contributed by atoms with Crippen LogP contribution in [-0.2, 0) is 4.74 Å². The van der Waals surface area contributed by atoms with E-state index in [4.69, 9.17) is 4.74 Å². The lowest BCUT2D eigenvalue weighted by Crippen LogP contribution is -2.41. The molecule has 0 aromatic carbocycles. The molecule has 0 aromatic heterocycles. The van der Waals surface area contributed by atoms with Crippen molar-refractivity contribution in [1.82, 2.24) is 4.90 Å². The van der Waals surface area contributed by atoms with E-state index < -0.39 is 0 Å². The summed E-state index contributed by atoms with van der Waals surface area (Å²) in [7, 11) is 0. The highest BCUT2D eigenvalue weighted by molar-refractivity contribution is 5.07. The number of fused-ring (bicyclic) bond motifs is 1. The second-order valence-corrected chi connectivity index (χ2v) is 7.74. The molecular weight excluding hydrogens is 226 g/mol. The number of likely N-dealkylation sites (tertiary alicyclic amines) is 1. The van der Waals surface area contributed by atoms with Crippen LogP contribution in [0, 0.1) is 17.3 Å². The van der Waals surface area contributed by atoms with Crippen LogP contribution in [0.4, 0.5) is 0 Å². The minimum Gasteiger partial charge on any atom is -0.395 e. The molecule has 0 spiro atoms. The first-order valence-electron chi connectivity index (χ1n) is 7.41. The highest BCUT2D eigenvalue weighted by atomic mass is 16.5. The van der Waals surface area contributed by atoms with Gasteiger partial charge in [-0.05, 0) is 51.9 Å². The molecule has 3 aliphatic rings. The van der Waals surface area contributed by atoms with Crippen molar-refractivity contribution >= 4 is 0 Å². The number of aliphatic hydroxyl groups is 1. The van der Waals surface area contributed by atoms with Crippen molar-refractivity contribution in [2.45, 2.75) is 51.7 Å². The summed E-state index contributed by atoms with van der Waals surface area (Å²) >= 11 is 0. The van der Waals surface area contributed by atoms with E-state index >= 15 is 0 Å². The molecule has 0 aromatic rings. The SMILES string of the molecule is CC(C)(C)OCC1(CN2CC3CC3C2CO)CC1. The van der Waals surface area contributed by atoms with Crippen LogP contribution in [-0.4, -0.2) is 48.0 Å². The topological polar surface area (TPSA) is 32.7 Å². The molecule has 1 heterocycles. The number of ether oxygens (including phenoxy) is 1. The highest BCUT2D eigenvalue weighted by Gasteiger charge is 2.55. The van der Waals surface area contributed by atoms with Gasteiger partial charge in [0.2, 0.25) is 0 Å². The van der Waals surface area contributed by atoms with Gasteiger partial charge < -0.3 is 9.84 Å². The van der Waals surface area contributed by atoms with E-state index in [0.717, 1.165) is 25.0 Å². The van der Waals surface area contributed by atoms with Crippen molar-refractivity contribution < 1.29 is 9.84 Å².